The quantitative estimate of drug-likeness (QED) is 0.875. The van der Waals surface area contributed by atoms with E-state index in [9.17, 15) is 4.79 Å². The van der Waals surface area contributed by atoms with Crippen molar-refractivity contribution in [1.82, 2.24) is 9.88 Å². The number of thiophene rings is 1. The molecule has 0 N–H and O–H groups in total. The van der Waals surface area contributed by atoms with Gasteiger partial charge in [-0.15, -0.1) is 11.3 Å². The number of rotatable bonds is 3. The lowest BCUT2D eigenvalue weighted by atomic mass is 10.3. The number of aryl methyl sites for hydroxylation is 2. The van der Waals surface area contributed by atoms with Crippen LogP contribution < -0.4 is 4.74 Å². The third-order valence-electron chi connectivity index (χ3n) is 3.55. The molecular formula is C16H18N2O2S. The second kappa shape index (κ2) is 5.85. The molecule has 1 fully saturated rings. The first-order valence-electron chi connectivity index (χ1n) is 7.05. The maximum atomic E-state index is 12.4. The molecule has 4 nitrogen and oxygen atoms in total. The smallest absolute Gasteiger partial charge is 0.264 e. The topological polar surface area (TPSA) is 42.4 Å². The summed E-state index contributed by atoms with van der Waals surface area (Å²) >= 11 is 1.51. The van der Waals surface area contributed by atoms with Crippen molar-refractivity contribution in [3.8, 4) is 5.88 Å². The minimum absolute atomic E-state index is 0.0326. The Kier molecular flexibility index (Phi) is 3.92. The Morgan fingerprint density at radius 3 is 2.90 bits per heavy atom. The molecule has 110 valence electrons. The molecule has 1 amide bonds. The van der Waals surface area contributed by atoms with E-state index in [2.05, 4.69) is 4.98 Å². The van der Waals surface area contributed by atoms with Crippen LogP contribution >= 0.6 is 11.3 Å². The van der Waals surface area contributed by atoms with E-state index in [0.29, 0.717) is 12.4 Å². The number of pyridine rings is 1. The van der Waals surface area contributed by atoms with E-state index < -0.39 is 0 Å². The number of carbonyl (C=O) groups excluding carboxylic acids is 1. The van der Waals surface area contributed by atoms with Crippen LogP contribution in [0.5, 0.6) is 5.88 Å². The molecule has 3 heterocycles. The van der Waals surface area contributed by atoms with Crippen molar-refractivity contribution in [2.45, 2.75) is 26.4 Å². The molecule has 0 spiro atoms. The molecule has 0 aliphatic carbocycles. The molecule has 2 aromatic rings. The van der Waals surface area contributed by atoms with Crippen LogP contribution in [0.15, 0.2) is 29.8 Å². The van der Waals surface area contributed by atoms with Crippen molar-refractivity contribution in [1.29, 1.82) is 0 Å². The van der Waals surface area contributed by atoms with Gasteiger partial charge in [0.05, 0.1) is 11.4 Å². The second-order valence-corrected chi connectivity index (χ2v) is 6.35. The van der Waals surface area contributed by atoms with E-state index >= 15 is 0 Å². The Bertz CT molecular complexity index is 636. The monoisotopic (exact) mass is 302 g/mol. The molecule has 21 heavy (non-hydrogen) atoms. The zero-order valence-corrected chi connectivity index (χ0v) is 13.0. The maximum Gasteiger partial charge on any atom is 0.264 e. The zero-order chi connectivity index (χ0) is 14.8. The number of likely N-dealkylation sites (tertiary alicyclic amines) is 1. The standard InChI is InChI=1S/C16H18N2O2S/c1-11-3-4-15(17-8-11)20-13-5-6-18(9-13)16(19)14-7-12(2)10-21-14/h3-4,7-8,10,13H,5-6,9H2,1-2H3. The van der Waals surface area contributed by atoms with Gasteiger partial charge in [-0.05, 0) is 36.4 Å². The minimum atomic E-state index is 0.0326. The van der Waals surface area contributed by atoms with E-state index in [1.807, 2.05) is 42.3 Å². The van der Waals surface area contributed by atoms with Gasteiger partial charge in [0.1, 0.15) is 6.10 Å². The average molecular weight is 302 g/mol. The lowest BCUT2D eigenvalue weighted by molar-refractivity contribution is 0.0776. The summed E-state index contributed by atoms with van der Waals surface area (Å²) in [5.41, 5.74) is 2.25. The van der Waals surface area contributed by atoms with Gasteiger partial charge in [-0.25, -0.2) is 4.98 Å². The van der Waals surface area contributed by atoms with Gasteiger partial charge in [0.15, 0.2) is 0 Å². The molecule has 2 aromatic heterocycles. The fraction of sp³-hybridized carbons (Fsp3) is 0.375. The molecule has 0 aromatic carbocycles. The summed E-state index contributed by atoms with van der Waals surface area (Å²) in [4.78, 5) is 19.3. The van der Waals surface area contributed by atoms with Gasteiger partial charge < -0.3 is 9.64 Å². The Balaban J connectivity index is 1.60. The highest BCUT2D eigenvalue weighted by atomic mass is 32.1. The molecule has 1 atom stereocenters. The molecule has 3 rings (SSSR count). The second-order valence-electron chi connectivity index (χ2n) is 5.44. The summed E-state index contributed by atoms with van der Waals surface area (Å²) in [6, 6.07) is 5.81. The van der Waals surface area contributed by atoms with E-state index in [1.54, 1.807) is 6.20 Å². The number of aromatic nitrogens is 1. The van der Waals surface area contributed by atoms with Crippen LogP contribution in [-0.4, -0.2) is 35.0 Å². The summed E-state index contributed by atoms with van der Waals surface area (Å²) in [5, 5.41) is 2.01. The van der Waals surface area contributed by atoms with Gasteiger partial charge in [0.25, 0.3) is 5.91 Å². The number of hydrogen-bond acceptors (Lipinski definition) is 4. The maximum absolute atomic E-state index is 12.4. The Labute approximate surface area is 128 Å². The van der Waals surface area contributed by atoms with E-state index in [0.717, 1.165) is 29.0 Å². The highest BCUT2D eigenvalue weighted by Gasteiger charge is 2.29. The predicted molar refractivity (Wildman–Crippen MR) is 83.0 cm³/mol. The van der Waals surface area contributed by atoms with Crippen LogP contribution in [0.2, 0.25) is 0 Å². The number of carbonyl (C=O) groups is 1. The SMILES string of the molecule is Cc1ccc(OC2CCN(C(=O)c3cc(C)cs3)C2)nc1. The van der Waals surface area contributed by atoms with Crippen LogP contribution in [-0.2, 0) is 0 Å². The number of hydrogen-bond donors (Lipinski definition) is 0. The molecule has 0 radical (unpaired) electrons. The first-order chi connectivity index (χ1) is 10.1. The molecular weight excluding hydrogens is 284 g/mol. The number of nitrogens with zero attached hydrogens (tertiary/aromatic N) is 2. The van der Waals surface area contributed by atoms with Crippen molar-refractivity contribution in [2.75, 3.05) is 13.1 Å². The number of amides is 1. The van der Waals surface area contributed by atoms with Crippen molar-refractivity contribution < 1.29 is 9.53 Å². The summed E-state index contributed by atoms with van der Waals surface area (Å²) in [6.07, 6.45) is 2.68. The largest absolute Gasteiger partial charge is 0.472 e. The molecule has 5 heteroatoms. The zero-order valence-electron chi connectivity index (χ0n) is 12.2. The van der Waals surface area contributed by atoms with Crippen LogP contribution in [0, 0.1) is 13.8 Å². The summed E-state index contributed by atoms with van der Waals surface area (Å²) in [6.45, 7) is 5.37. The summed E-state index contributed by atoms with van der Waals surface area (Å²) in [5.74, 6) is 0.739. The average Bonchev–Trinajstić information content (AvgIpc) is 3.10. The van der Waals surface area contributed by atoms with Crippen LogP contribution in [0.1, 0.15) is 27.2 Å². The Morgan fingerprint density at radius 2 is 2.24 bits per heavy atom. The molecule has 1 unspecified atom stereocenters. The molecule has 0 saturated carbocycles. The van der Waals surface area contributed by atoms with Crippen molar-refractivity contribution in [3.05, 3.63) is 45.8 Å². The van der Waals surface area contributed by atoms with E-state index in [4.69, 9.17) is 4.74 Å². The highest BCUT2D eigenvalue weighted by Crippen LogP contribution is 2.21. The van der Waals surface area contributed by atoms with Crippen LogP contribution in [0.3, 0.4) is 0 Å². The Hall–Kier alpha value is -1.88. The molecule has 1 saturated heterocycles. The summed E-state index contributed by atoms with van der Waals surface area (Å²) < 4.78 is 5.85. The molecule has 1 aliphatic heterocycles. The fourth-order valence-corrected chi connectivity index (χ4v) is 3.27. The molecule has 0 bridgehead atoms. The van der Waals surface area contributed by atoms with Gasteiger partial charge in [0, 0.05) is 25.2 Å². The normalized spacial score (nSPS) is 18.0. The Morgan fingerprint density at radius 1 is 1.38 bits per heavy atom. The fourth-order valence-electron chi connectivity index (χ4n) is 2.40. The van der Waals surface area contributed by atoms with Crippen molar-refractivity contribution in [3.63, 3.8) is 0 Å². The van der Waals surface area contributed by atoms with Gasteiger partial charge in [-0.2, -0.15) is 0 Å². The lowest BCUT2D eigenvalue weighted by Crippen LogP contribution is -2.30. The third-order valence-corrected chi connectivity index (χ3v) is 4.58. The van der Waals surface area contributed by atoms with E-state index in [1.165, 1.54) is 11.3 Å². The predicted octanol–water partition coefficient (Wildman–Crippen LogP) is 3.05. The highest BCUT2D eigenvalue weighted by molar-refractivity contribution is 7.12. The van der Waals surface area contributed by atoms with Gasteiger partial charge in [-0.3, -0.25) is 4.79 Å². The van der Waals surface area contributed by atoms with E-state index in [-0.39, 0.29) is 12.0 Å². The molecule has 1 aliphatic rings. The van der Waals surface area contributed by atoms with Gasteiger partial charge in [-0.1, -0.05) is 6.07 Å². The van der Waals surface area contributed by atoms with Crippen LogP contribution in [0.4, 0.5) is 0 Å². The minimum Gasteiger partial charge on any atom is -0.472 e. The summed E-state index contributed by atoms with van der Waals surface area (Å²) in [7, 11) is 0. The van der Waals surface area contributed by atoms with Crippen molar-refractivity contribution >= 4 is 17.2 Å². The van der Waals surface area contributed by atoms with Gasteiger partial charge in [0.2, 0.25) is 5.88 Å². The van der Waals surface area contributed by atoms with Crippen molar-refractivity contribution in [2.24, 2.45) is 0 Å². The lowest BCUT2D eigenvalue weighted by Gasteiger charge is -2.16. The third kappa shape index (κ3) is 3.24. The first kappa shape index (κ1) is 14.1. The van der Waals surface area contributed by atoms with Crippen LogP contribution in [0.25, 0.3) is 0 Å². The number of ether oxygens (including phenoxy) is 1. The first-order valence-corrected chi connectivity index (χ1v) is 7.93. The van der Waals surface area contributed by atoms with Gasteiger partial charge >= 0.3 is 0 Å².